The van der Waals surface area contributed by atoms with E-state index in [0.29, 0.717) is 16.6 Å². The van der Waals surface area contributed by atoms with E-state index in [4.69, 9.17) is 4.74 Å². The van der Waals surface area contributed by atoms with Crippen molar-refractivity contribution in [1.82, 2.24) is 4.98 Å². The van der Waals surface area contributed by atoms with E-state index in [1.807, 2.05) is 24.3 Å². The first-order valence-electron chi connectivity index (χ1n) is 6.30. The Morgan fingerprint density at radius 2 is 2.35 bits per heavy atom. The van der Waals surface area contributed by atoms with Gasteiger partial charge in [-0.3, -0.25) is 0 Å². The van der Waals surface area contributed by atoms with Crippen LogP contribution >= 0.6 is 11.3 Å². The lowest BCUT2D eigenvalue weighted by atomic mass is 10.0. The summed E-state index contributed by atoms with van der Waals surface area (Å²) in [5, 5.41) is 4.07. The number of ether oxygens (including phenoxy) is 2. The molecule has 0 fully saturated rings. The van der Waals surface area contributed by atoms with E-state index in [1.165, 1.54) is 24.6 Å². The van der Waals surface area contributed by atoms with Crippen molar-refractivity contribution in [2.24, 2.45) is 0 Å². The first-order chi connectivity index (χ1) is 9.78. The lowest BCUT2D eigenvalue weighted by molar-refractivity contribution is 0.0606. The number of nitrogens with one attached hydrogen (secondary N) is 1. The Hall–Kier alpha value is -2.08. The zero-order valence-electron chi connectivity index (χ0n) is 11.0. The fourth-order valence-electron chi connectivity index (χ4n) is 2.18. The SMILES string of the molecule is COC(=O)c1cnc(NC2CCOc3ccccc32)s1. The maximum absolute atomic E-state index is 11.4. The number of fused-ring (bicyclic) bond motifs is 1. The van der Waals surface area contributed by atoms with Gasteiger partial charge in [-0.15, -0.1) is 0 Å². The second-order valence-corrected chi connectivity index (χ2v) is 5.42. The van der Waals surface area contributed by atoms with E-state index in [9.17, 15) is 4.79 Å². The fourth-order valence-corrected chi connectivity index (χ4v) is 2.96. The fraction of sp³-hybridized carbons (Fsp3) is 0.286. The molecule has 20 heavy (non-hydrogen) atoms. The number of hydrogen-bond acceptors (Lipinski definition) is 6. The van der Waals surface area contributed by atoms with Crippen molar-refractivity contribution in [3.8, 4) is 5.75 Å². The summed E-state index contributed by atoms with van der Waals surface area (Å²) in [5.41, 5.74) is 1.12. The third-order valence-electron chi connectivity index (χ3n) is 3.15. The van der Waals surface area contributed by atoms with Crippen LogP contribution in [-0.2, 0) is 4.74 Å². The molecule has 2 heterocycles. The molecule has 1 aromatic heterocycles. The third-order valence-corrected chi connectivity index (χ3v) is 4.06. The first kappa shape index (κ1) is 12.9. The summed E-state index contributed by atoms with van der Waals surface area (Å²) in [7, 11) is 1.36. The summed E-state index contributed by atoms with van der Waals surface area (Å²) in [4.78, 5) is 16.1. The number of hydrogen-bond donors (Lipinski definition) is 1. The summed E-state index contributed by atoms with van der Waals surface area (Å²) in [6.45, 7) is 0.671. The van der Waals surface area contributed by atoms with Gasteiger partial charge in [0.1, 0.15) is 10.6 Å². The van der Waals surface area contributed by atoms with Crippen molar-refractivity contribution >= 4 is 22.4 Å². The van der Waals surface area contributed by atoms with E-state index >= 15 is 0 Å². The summed E-state index contributed by atoms with van der Waals surface area (Å²) < 4.78 is 10.3. The predicted molar refractivity (Wildman–Crippen MR) is 76.4 cm³/mol. The number of benzene rings is 1. The molecule has 1 unspecified atom stereocenters. The van der Waals surface area contributed by atoms with Crippen LogP contribution in [0.15, 0.2) is 30.5 Å². The quantitative estimate of drug-likeness (QED) is 0.881. The Morgan fingerprint density at radius 3 is 3.20 bits per heavy atom. The Labute approximate surface area is 120 Å². The van der Waals surface area contributed by atoms with Crippen LogP contribution in [0.5, 0.6) is 5.75 Å². The van der Waals surface area contributed by atoms with Crippen molar-refractivity contribution in [3.63, 3.8) is 0 Å². The van der Waals surface area contributed by atoms with Crippen LogP contribution in [0, 0.1) is 0 Å². The van der Waals surface area contributed by atoms with Crippen LogP contribution < -0.4 is 10.1 Å². The highest BCUT2D eigenvalue weighted by molar-refractivity contribution is 7.17. The lowest BCUT2D eigenvalue weighted by Gasteiger charge is -2.26. The summed E-state index contributed by atoms with van der Waals surface area (Å²) in [6.07, 6.45) is 2.40. The highest BCUT2D eigenvalue weighted by Gasteiger charge is 2.22. The van der Waals surface area contributed by atoms with Crippen molar-refractivity contribution in [2.75, 3.05) is 19.0 Å². The topological polar surface area (TPSA) is 60.5 Å². The molecule has 1 aliphatic heterocycles. The van der Waals surface area contributed by atoms with Crippen LogP contribution in [0.25, 0.3) is 0 Å². The number of thiazole rings is 1. The second kappa shape index (κ2) is 5.50. The van der Waals surface area contributed by atoms with Gasteiger partial charge in [0.15, 0.2) is 5.13 Å². The van der Waals surface area contributed by atoms with Gasteiger partial charge >= 0.3 is 5.97 Å². The van der Waals surface area contributed by atoms with Crippen LogP contribution in [0.3, 0.4) is 0 Å². The highest BCUT2D eigenvalue weighted by Crippen LogP contribution is 2.34. The van der Waals surface area contributed by atoms with E-state index < -0.39 is 0 Å². The summed E-state index contributed by atoms with van der Waals surface area (Å²) in [6, 6.07) is 8.10. The Balaban J connectivity index is 1.79. The first-order valence-corrected chi connectivity index (χ1v) is 7.12. The number of aromatic nitrogens is 1. The van der Waals surface area contributed by atoms with Crippen molar-refractivity contribution in [1.29, 1.82) is 0 Å². The van der Waals surface area contributed by atoms with Crippen molar-refractivity contribution < 1.29 is 14.3 Å². The third kappa shape index (κ3) is 2.46. The van der Waals surface area contributed by atoms with Crippen LogP contribution in [-0.4, -0.2) is 24.7 Å². The van der Waals surface area contributed by atoms with Crippen LogP contribution in [0.2, 0.25) is 0 Å². The average molecular weight is 290 g/mol. The molecular weight excluding hydrogens is 276 g/mol. The van der Waals surface area contributed by atoms with Crippen molar-refractivity contribution in [2.45, 2.75) is 12.5 Å². The van der Waals surface area contributed by atoms with Crippen molar-refractivity contribution in [3.05, 3.63) is 40.9 Å². The molecule has 1 aromatic carbocycles. The second-order valence-electron chi connectivity index (χ2n) is 4.39. The molecule has 0 bridgehead atoms. The zero-order chi connectivity index (χ0) is 13.9. The van der Waals surface area contributed by atoms with E-state index in [1.54, 1.807) is 0 Å². The molecule has 1 atom stereocenters. The molecule has 6 heteroatoms. The van der Waals surface area contributed by atoms with E-state index in [-0.39, 0.29) is 12.0 Å². The molecule has 0 radical (unpaired) electrons. The minimum atomic E-state index is -0.358. The molecule has 0 saturated carbocycles. The molecule has 5 nitrogen and oxygen atoms in total. The number of rotatable bonds is 3. The minimum Gasteiger partial charge on any atom is -0.493 e. The minimum absolute atomic E-state index is 0.150. The molecule has 3 rings (SSSR count). The molecule has 0 amide bonds. The molecule has 0 aliphatic carbocycles. The molecule has 1 aliphatic rings. The number of nitrogens with zero attached hydrogens (tertiary/aromatic N) is 1. The molecule has 2 aromatic rings. The average Bonchev–Trinajstić information content (AvgIpc) is 2.95. The summed E-state index contributed by atoms with van der Waals surface area (Å²) in [5.74, 6) is 0.545. The smallest absolute Gasteiger partial charge is 0.349 e. The van der Waals surface area contributed by atoms with Crippen LogP contribution in [0.1, 0.15) is 27.7 Å². The van der Waals surface area contributed by atoms with Gasteiger partial charge in [0.25, 0.3) is 0 Å². The number of esters is 1. The molecule has 0 spiro atoms. The standard InChI is InChI=1S/C14H14N2O3S/c1-18-13(17)12-8-15-14(20-12)16-10-6-7-19-11-5-3-2-4-9(10)11/h2-5,8,10H,6-7H2,1H3,(H,15,16). The molecule has 1 N–H and O–H groups in total. The van der Waals surface area contributed by atoms with Gasteiger partial charge < -0.3 is 14.8 Å². The van der Waals surface area contributed by atoms with Gasteiger partial charge in [-0.2, -0.15) is 0 Å². The number of anilines is 1. The van der Waals surface area contributed by atoms with Gasteiger partial charge in [0.2, 0.25) is 0 Å². The number of carbonyl (C=O) groups is 1. The van der Waals surface area contributed by atoms with Crippen LogP contribution in [0.4, 0.5) is 5.13 Å². The van der Waals surface area contributed by atoms with Gasteiger partial charge in [-0.25, -0.2) is 9.78 Å². The van der Waals surface area contributed by atoms with E-state index in [0.717, 1.165) is 17.7 Å². The van der Waals surface area contributed by atoms with Gasteiger partial charge in [-0.1, -0.05) is 29.5 Å². The molecule has 104 valence electrons. The zero-order valence-corrected chi connectivity index (χ0v) is 11.8. The maximum Gasteiger partial charge on any atom is 0.349 e. The maximum atomic E-state index is 11.4. The monoisotopic (exact) mass is 290 g/mol. The van der Waals surface area contributed by atoms with Gasteiger partial charge in [-0.05, 0) is 6.07 Å². The Kier molecular flexibility index (Phi) is 3.56. The summed E-state index contributed by atoms with van der Waals surface area (Å²) >= 11 is 1.30. The molecule has 0 saturated heterocycles. The highest BCUT2D eigenvalue weighted by atomic mass is 32.1. The largest absolute Gasteiger partial charge is 0.493 e. The van der Waals surface area contributed by atoms with E-state index in [2.05, 4.69) is 15.0 Å². The predicted octanol–water partition coefficient (Wildman–Crippen LogP) is 2.87. The molecular formula is C14H14N2O3S. The van der Waals surface area contributed by atoms with Gasteiger partial charge in [0.05, 0.1) is 26.0 Å². The lowest BCUT2D eigenvalue weighted by Crippen LogP contribution is -2.20. The number of carbonyl (C=O) groups excluding carboxylic acids is 1. The van der Waals surface area contributed by atoms with Gasteiger partial charge in [0, 0.05) is 12.0 Å². The normalized spacial score (nSPS) is 16.9. The Bertz CT molecular complexity index is 626. The number of methoxy groups -OCH3 is 1. The number of para-hydroxylation sites is 1. The Morgan fingerprint density at radius 1 is 1.50 bits per heavy atom.